The largest absolute Gasteiger partial charge is 0.481 e. The van der Waals surface area contributed by atoms with Crippen LogP contribution < -0.4 is 20.9 Å². The Hall–Kier alpha value is -4.89. The van der Waals surface area contributed by atoms with E-state index in [0.717, 1.165) is 47.7 Å². The number of amides is 2. The average Bonchev–Trinajstić information content (AvgIpc) is 3.62. The summed E-state index contributed by atoms with van der Waals surface area (Å²) in [5.41, 5.74) is 3.96. The first kappa shape index (κ1) is 39.8. The number of hydrogen-bond acceptors (Lipinski definition) is 9. The summed E-state index contributed by atoms with van der Waals surface area (Å²) in [6, 6.07) is 13.9. The molecule has 0 bridgehead atoms. The minimum Gasteiger partial charge on any atom is -0.481 e. The van der Waals surface area contributed by atoms with Crippen LogP contribution in [0.4, 0.5) is 25.1 Å². The second kappa shape index (κ2) is 17.3. The maximum absolute atomic E-state index is 13.8. The van der Waals surface area contributed by atoms with Crippen molar-refractivity contribution in [3.05, 3.63) is 91.9 Å². The van der Waals surface area contributed by atoms with Crippen molar-refractivity contribution in [3.63, 3.8) is 0 Å². The number of aromatic nitrogens is 4. The van der Waals surface area contributed by atoms with E-state index in [1.807, 2.05) is 18.2 Å². The van der Waals surface area contributed by atoms with Crippen LogP contribution in [0.25, 0.3) is 33.2 Å². The van der Waals surface area contributed by atoms with E-state index < -0.39 is 17.7 Å². The van der Waals surface area contributed by atoms with Crippen molar-refractivity contribution < 1.29 is 23.0 Å². The van der Waals surface area contributed by atoms with Gasteiger partial charge in [-0.2, -0.15) is 5.10 Å². The molecule has 1 aliphatic carbocycles. The highest BCUT2D eigenvalue weighted by molar-refractivity contribution is 6.39. The lowest BCUT2D eigenvalue weighted by atomic mass is 9.99. The number of aryl methyl sites for hydroxylation is 2. The first-order valence-corrected chi connectivity index (χ1v) is 18.5. The van der Waals surface area contributed by atoms with E-state index in [1.54, 1.807) is 44.4 Å². The predicted molar refractivity (Wildman–Crippen MR) is 211 cm³/mol. The van der Waals surface area contributed by atoms with Gasteiger partial charge in [-0.25, -0.2) is 28.2 Å². The van der Waals surface area contributed by atoms with Crippen LogP contribution in [0.15, 0.2) is 59.5 Å². The molecule has 0 aliphatic heterocycles. The number of halogens is 4. The third kappa shape index (κ3) is 8.23. The van der Waals surface area contributed by atoms with Gasteiger partial charge >= 0.3 is 6.03 Å². The fourth-order valence-electron chi connectivity index (χ4n) is 7.04. The Morgan fingerprint density at radius 2 is 1.76 bits per heavy atom. The van der Waals surface area contributed by atoms with Crippen molar-refractivity contribution in [1.82, 2.24) is 34.9 Å². The van der Waals surface area contributed by atoms with Crippen molar-refractivity contribution in [3.8, 4) is 28.3 Å². The Balaban J connectivity index is 1.28. The van der Waals surface area contributed by atoms with Gasteiger partial charge in [-0.05, 0) is 50.1 Å². The maximum atomic E-state index is 13.8. The zero-order chi connectivity index (χ0) is 39.4. The molecule has 3 aromatic heterocycles. The second-order valence-corrected chi connectivity index (χ2v) is 14.0. The van der Waals surface area contributed by atoms with Crippen LogP contribution in [-0.4, -0.2) is 90.1 Å². The third-order valence-corrected chi connectivity index (χ3v) is 10.7. The molecule has 1 unspecified atom stereocenters. The molecular formula is C39H42Cl2F2N8O4. The van der Waals surface area contributed by atoms with Crippen molar-refractivity contribution in [2.45, 2.75) is 31.7 Å². The molecule has 12 nitrogen and oxygen atoms in total. The van der Waals surface area contributed by atoms with Gasteiger partial charge in [-0.15, -0.1) is 0 Å². The van der Waals surface area contributed by atoms with Crippen LogP contribution in [0, 0.1) is 0 Å². The Bertz CT molecular complexity index is 2270. The van der Waals surface area contributed by atoms with Crippen molar-refractivity contribution in [1.29, 1.82) is 0 Å². The molecule has 55 heavy (non-hydrogen) atoms. The number of hydrogen-bond donors (Lipinski definition) is 2. The normalized spacial score (nSPS) is 13.8. The summed E-state index contributed by atoms with van der Waals surface area (Å²) >= 11 is 14.1. The van der Waals surface area contributed by atoms with Crippen LogP contribution in [0.3, 0.4) is 0 Å². The molecule has 1 atom stereocenters. The fraction of sp³-hybridized carbons (Fsp3) is 0.359. The Morgan fingerprint density at radius 3 is 2.47 bits per heavy atom. The third-order valence-electron chi connectivity index (χ3n) is 9.85. The zero-order valence-electron chi connectivity index (χ0n) is 31.1. The number of urea groups is 1. The summed E-state index contributed by atoms with van der Waals surface area (Å²) in [6.07, 6.45) is 0.946. The summed E-state index contributed by atoms with van der Waals surface area (Å²) in [6.45, 7) is 2.33. The summed E-state index contributed by atoms with van der Waals surface area (Å²) < 4.78 is 39.8. The first-order valence-electron chi connectivity index (χ1n) is 17.7. The Kier molecular flexibility index (Phi) is 12.5. The number of carbonyl (C=O) groups excluding carboxylic acids is 1. The predicted octanol–water partition coefficient (Wildman–Crippen LogP) is 7.65. The van der Waals surface area contributed by atoms with Gasteiger partial charge in [0, 0.05) is 74.5 Å². The van der Waals surface area contributed by atoms with Crippen molar-refractivity contribution in [2.24, 2.45) is 7.05 Å². The van der Waals surface area contributed by atoms with E-state index in [1.165, 1.54) is 13.2 Å². The fourth-order valence-corrected chi connectivity index (χ4v) is 7.64. The molecule has 290 valence electrons. The van der Waals surface area contributed by atoms with Crippen molar-refractivity contribution >= 4 is 51.5 Å². The molecule has 6 rings (SSSR count). The number of methoxy groups -OCH3 is 2. The van der Waals surface area contributed by atoms with Crippen LogP contribution in [0.1, 0.15) is 42.1 Å². The van der Waals surface area contributed by atoms with Crippen LogP contribution >= 0.6 is 23.2 Å². The number of anilines is 2. The average molecular weight is 796 g/mol. The molecule has 0 saturated carbocycles. The SMILES string of the molecule is CNC(=O)N(CCCN(C)C1CCc2cc(-c3cccc(-c4cccc(Nc5nc(C(F)F)cc6cnn(C)c(=O)c56)c4Cl)c3Cl)nc(OC)c21)CCOC. The summed E-state index contributed by atoms with van der Waals surface area (Å²) in [5.74, 6) is 0.452. The lowest BCUT2D eigenvalue weighted by molar-refractivity contribution is 0.145. The number of nitrogens with zero attached hydrogens (tertiary/aromatic N) is 6. The Morgan fingerprint density at radius 1 is 1.04 bits per heavy atom. The monoisotopic (exact) mass is 794 g/mol. The molecule has 16 heteroatoms. The van der Waals surface area contributed by atoms with Crippen LogP contribution in [0.5, 0.6) is 5.88 Å². The number of nitrogens with one attached hydrogen (secondary N) is 2. The summed E-state index contributed by atoms with van der Waals surface area (Å²) in [7, 11) is 8.39. The van der Waals surface area contributed by atoms with Gasteiger partial charge in [0.05, 0.1) is 46.7 Å². The highest BCUT2D eigenvalue weighted by Crippen LogP contribution is 2.45. The molecule has 0 spiro atoms. The second-order valence-electron chi connectivity index (χ2n) is 13.2. The molecule has 0 radical (unpaired) electrons. The lowest BCUT2D eigenvalue weighted by Gasteiger charge is -2.28. The number of fused-ring (bicyclic) bond motifs is 2. The standard InChI is InChI=1S/C39H42Cl2F2N8O4/c1-44-39(53)51(17-18-54-4)16-8-15-49(2)30-14-13-22-19-28(48-37(55-5)31(22)30)26-11-6-9-24(33(26)40)25-10-7-12-27(34(25)41)46-36-32-23(20-29(47-36)35(42)43)21-45-50(3)38(32)52/h6-7,9-12,19-21,30,35H,8,13-18H2,1-5H3,(H,44,53)(H,46,47). The van der Waals surface area contributed by atoms with Gasteiger partial charge in [0.25, 0.3) is 12.0 Å². The quantitative estimate of drug-likeness (QED) is 0.117. The maximum Gasteiger partial charge on any atom is 0.317 e. The topological polar surface area (TPSA) is 127 Å². The van der Waals surface area contributed by atoms with Gasteiger partial charge in [0.1, 0.15) is 11.5 Å². The molecular weight excluding hydrogens is 753 g/mol. The first-order chi connectivity index (χ1) is 26.5. The van der Waals surface area contributed by atoms with Gasteiger partial charge in [0.15, 0.2) is 0 Å². The van der Waals surface area contributed by atoms with Gasteiger partial charge in [0.2, 0.25) is 5.88 Å². The lowest BCUT2D eigenvalue weighted by Crippen LogP contribution is -2.41. The summed E-state index contributed by atoms with van der Waals surface area (Å²) in [5, 5.41) is 10.7. The molecule has 0 saturated heterocycles. The molecule has 0 fully saturated rings. The van der Waals surface area contributed by atoms with E-state index in [9.17, 15) is 18.4 Å². The smallest absolute Gasteiger partial charge is 0.317 e. The van der Waals surface area contributed by atoms with E-state index in [2.05, 4.69) is 38.7 Å². The Labute approximate surface area is 327 Å². The number of pyridine rings is 2. The number of carbonyl (C=O) groups is 1. The minimum atomic E-state index is -2.88. The molecule has 5 aromatic rings. The molecule has 3 heterocycles. The minimum absolute atomic E-state index is 0.0685. The van der Waals surface area contributed by atoms with E-state index >= 15 is 0 Å². The molecule has 2 amide bonds. The number of benzene rings is 2. The number of ether oxygens (including phenoxy) is 2. The van der Waals surface area contributed by atoms with Crippen LogP contribution in [-0.2, 0) is 18.2 Å². The highest BCUT2D eigenvalue weighted by atomic mass is 35.5. The van der Waals surface area contributed by atoms with Crippen LogP contribution in [0.2, 0.25) is 10.0 Å². The molecule has 2 aromatic carbocycles. The number of alkyl halides is 2. The zero-order valence-corrected chi connectivity index (χ0v) is 32.6. The van der Waals surface area contributed by atoms with Gasteiger partial charge < -0.3 is 25.0 Å². The van der Waals surface area contributed by atoms with Gasteiger partial charge in [-0.3, -0.25) is 9.69 Å². The number of rotatable bonds is 14. The molecule has 2 N–H and O–H groups in total. The van der Waals surface area contributed by atoms with E-state index in [-0.39, 0.29) is 33.7 Å². The van der Waals surface area contributed by atoms with Gasteiger partial charge in [-0.1, -0.05) is 53.5 Å². The summed E-state index contributed by atoms with van der Waals surface area (Å²) in [4.78, 5) is 38.4. The highest BCUT2D eigenvalue weighted by Gasteiger charge is 2.31. The van der Waals surface area contributed by atoms with E-state index in [4.69, 9.17) is 37.7 Å². The van der Waals surface area contributed by atoms with E-state index in [0.29, 0.717) is 58.7 Å². The molecule has 1 aliphatic rings. The van der Waals surface area contributed by atoms with Crippen molar-refractivity contribution in [2.75, 3.05) is 59.9 Å².